The number of anilines is 1. The van der Waals surface area contributed by atoms with E-state index in [0.29, 0.717) is 26.2 Å². The molecular weight excluding hydrogens is 352 g/mol. The average Bonchev–Trinajstić information content (AvgIpc) is 2.72. The summed E-state index contributed by atoms with van der Waals surface area (Å²) < 4.78 is 0. The molecule has 0 unspecified atom stereocenters. The lowest BCUT2D eigenvalue weighted by molar-refractivity contribution is -0.116. The van der Waals surface area contributed by atoms with E-state index in [0.717, 1.165) is 24.2 Å². The molecule has 2 aromatic rings. The molecule has 1 aliphatic rings. The van der Waals surface area contributed by atoms with Crippen LogP contribution in [0.4, 0.5) is 10.5 Å². The van der Waals surface area contributed by atoms with Crippen molar-refractivity contribution >= 4 is 17.6 Å². The molecule has 28 heavy (non-hydrogen) atoms. The van der Waals surface area contributed by atoms with Crippen molar-refractivity contribution in [1.82, 2.24) is 15.5 Å². The van der Waals surface area contributed by atoms with Gasteiger partial charge in [0.05, 0.1) is 0 Å². The van der Waals surface area contributed by atoms with Crippen molar-refractivity contribution in [3.05, 3.63) is 65.2 Å². The fourth-order valence-electron chi connectivity index (χ4n) is 3.33. The summed E-state index contributed by atoms with van der Waals surface area (Å²) in [5.41, 5.74) is 4.36. The number of amides is 3. The number of rotatable bonds is 7. The summed E-state index contributed by atoms with van der Waals surface area (Å²) in [5, 5.41) is 9.07. The van der Waals surface area contributed by atoms with Gasteiger partial charge in [-0.05, 0) is 35.7 Å². The first-order chi connectivity index (χ1) is 13.7. The van der Waals surface area contributed by atoms with Crippen molar-refractivity contribution in [3.8, 4) is 0 Å². The van der Waals surface area contributed by atoms with Gasteiger partial charge < -0.3 is 20.9 Å². The Morgan fingerprint density at radius 3 is 2.61 bits per heavy atom. The highest BCUT2D eigenvalue weighted by molar-refractivity contribution is 5.91. The molecule has 2 aromatic carbocycles. The Morgan fingerprint density at radius 2 is 1.79 bits per heavy atom. The molecule has 0 saturated carbocycles. The maximum atomic E-state index is 12.4. The average molecular weight is 380 g/mol. The van der Waals surface area contributed by atoms with Gasteiger partial charge in [0.1, 0.15) is 0 Å². The maximum Gasteiger partial charge on any atom is 0.317 e. The monoisotopic (exact) mass is 380 g/mol. The molecule has 0 aliphatic carbocycles. The lowest BCUT2D eigenvalue weighted by atomic mass is 10.0. The maximum absolute atomic E-state index is 12.4. The molecule has 148 valence electrons. The Balaban J connectivity index is 1.44. The number of fused-ring (bicyclic) bond motifs is 1. The Bertz CT molecular complexity index is 822. The van der Waals surface area contributed by atoms with Gasteiger partial charge in [-0.3, -0.25) is 4.79 Å². The highest BCUT2D eigenvalue weighted by atomic mass is 16.2. The topological polar surface area (TPSA) is 73.5 Å². The van der Waals surface area contributed by atoms with E-state index in [4.69, 9.17) is 0 Å². The fourth-order valence-corrected chi connectivity index (χ4v) is 3.33. The molecular formula is C22H28N4O2. The third-order valence-corrected chi connectivity index (χ3v) is 4.90. The second-order valence-electron chi connectivity index (χ2n) is 6.91. The molecule has 3 amide bonds. The quantitative estimate of drug-likeness (QED) is 0.692. The third-order valence-electron chi connectivity index (χ3n) is 4.90. The van der Waals surface area contributed by atoms with Crippen LogP contribution in [0.2, 0.25) is 0 Å². The molecule has 6 nitrogen and oxygen atoms in total. The van der Waals surface area contributed by atoms with Crippen LogP contribution in [0.15, 0.2) is 48.5 Å². The minimum absolute atomic E-state index is 0.103. The van der Waals surface area contributed by atoms with Crippen LogP contribution in [0.5, 0.6) is 0 Å². The van der Waals surface area contributed by atoms with E-state index < -0.39 is 0 Å². The van der Waals surface area contributed by atoms with Crippen molar-refractivity contribution < 1.29 is 9.59 Å². The summed E-state index contributed by atoms with van der Waals surface area (Å²) in [7, 11) is 0. The molecule has 0 radical (unpaired) electrons. The van der Waals surface area contributed by atoms with Gasteiger partial charge in [0.25, 0.3) is 0 Å². The van der Waals surface area contributed by atoms with Gasteiger partial charge in [-0.15, -0.1) is 0 Å². The predicted molar refractivity (Wildman–Crippen MR) is 111 cm³/mol. The first-order valence-corrected chi connectivity index (χ1v) is 9.85. The first-order valence-electron chi connectivity index (χ1n) is 9.85. The van der Waals surface area contributed by atoms with Gasteiger partial charge in [-0.2, -0.15) is 0 Å². The molecule has 6 heteroatoms. The summed E-state index contributed by atoms with van der Waals surface area (Å²) in [5.74, 6) is -0.103. The summed E-state index contributed by atoms with van der Waals surface area (Å²) in [6.45, 7) is 5.26. The van der Waals surface area contributed by atoms with E-state index >= 15 is 0 Å². The smallest absolute Gasteiger partial charge is 0.317 e. The molecule has 1 aliphatic heterocycles. The molecule has 1 heterocycles. The highest BCUT2D eigenvalue weighted by Gasteiger charge is 2.20. The van der Waals surface area contributed by atoms with E-state index in [1.165, 1.54) is 11.1 Å². The lowest BCUT2D eigenvalue weighted by Gasteiger charge is -2.28. The molecule has 3 N–H and O–H groups in total. The molecule has 0 spiro atoms. The molecule has 3 rings (SSSR count). The fraction of sp³-hybridized carbons (Fsp3) is 0.364. The molecule has 0 fully saturated rings. The standard InChI is InChI=1S/C22H28N4O2/c1-2-23-15-18-8-5-6-10-20(18)25-21(27)11-13-24-22(28)26-14-12-17-7-3-4-9-19(17)16-26/h3-10,23H,2,11-16H2,1H3,(H,24,28)(H,25,27). The SMILES string of the molecule is CCNCc1ccccc1NC(=O)CCNC(=O)N1CCc2ccccc2C1. The van der Waals surface area contributed by atoms with Crippen molar-refractivity contribution in [2.24, 2.45) is 0 Å². The van der Waals surface area contributed by atoms with E-state index in [1.807, 2.05) is 43.3 Å². The van der Waals surface area contributed by atoms with E-state index in [1.54, 1.807) is 4.90 Å². The zero-order valence-corrected chi connectivity index (χ0v) is 16.3. The Labute approximate surface area is 166 Å². The number of hydrogen-bond donors (Lipinski definition) is 3. The molecule has 0 saturated heterocycles. The van der Waals surface area contributed by atoms with Gasteiger partial charge in [0.15, 0.2) is 0 Å². The number of hydrogen-bond acceptors (Lipinski definition) is 3. The largest absolute Gasteiger partial charge is 0.337 e. The van der Waals surface area contributed by atoms with Crippen LogP contribution < -0.4 is 16.0 Å². The van der Waals surface area contributed by atoms with Crippen LogP contribution in [-0.4, -0.2) is 36.5 Å². The highest BCUT2D eigenvalue weighted by Crippen LogP contribution is 2.18. The Morgan fingerprint density at radius 1 is 1.04 bits per heavy atom. The molecule has 0 bridgehead atoms. The number of carbonyl (C=O) groups is 2. The third kappa shape index (κ3) is 5.33. The van der Waals surface area contributed by atoms with Crippen molar-refractivity contribution in [2.75, 3.05) is 25.0 Å². The zero-order chi connectivity index (χ0) is 19.8. The van der Waals surface area contributed by atoms with Crippen LogP contribution in [0, 0.1) is 0 Å². The predicted octanol–water partition coefficient (Wildman–Crippen LogP) is 2.89. The van der Waals surface area contributed by atoms with Gasteiger partial charge in [0.2, 0.25) is 5.91 Å². The zero-order valence-electron chi connectivity index (χ0n) is 16.3. The van der Waals surface area contributed by atoms with Gasteiger partial charge in [-0.1, -0.05) is 49.4 Å². The number of urea groups is 1. The minimum atomic E-state index is -0.116. The van der Waals surface area contributed by atoms with Crippen LogP contribution in [0.1, 0.15) is 30.0 Å². The number of para-hydroxylation sites is 1. The number of benzene rings is 2. The summed E-state index contributed by atoms with van der Waals surface area (Å²) in [6, 6.07) is 15.8. The summed E-state index contributed by atoms with van der Waals surface area (Å²) >= 11 is 0. The number of nitrogens with one attached hydrogen (secondary N) is 3. The van der Waals surface area contributed by atoms with E-state index in [9.17, 15) is 9.59 Å². The first kappa shape index (κ1) is 19.9. The summed E-state index contributed by atoms with van der Waals surface area (Å²) in [4.78, 5) is 26.5. The Hall–Kier alpha value is -2.86. The van der Waals surface area contributed by atoms with Crippen molar-refractivity contribution in [2.45, 2.75) is 32.9 Å². The molecule has 0 atom stereocenters. The van der Waals surface area contributed by atoms with Crippen LogP contribution >= 0.6 is 0 Å². The van der Waals surface area contributed by atoms with Gasteiger partial charge >= 0.3 is 6.03 Å². The van der Waals surface area contributed by atoms with Crippen molar-refractivity contribution in [3.63, 3.8) is 0 Å². The number of nitrogens with zero attached hydrogens (tertiary/aromatic N) is 1. The normalized spacial score (nSPS) is 13.0. The van der Waals surface area contributed by atoms with E-state index in [2.05, 4.69) is 28.1 Å². The second kappa shape index (κ2) is 9.90. The van der Waals surface area contributed by atoms with Crippen LogP contribution in [0.25, 0.3) is 0 Å². The van der Waals surface area contributed by atoms with Crippen LogP contribution in [0.3, 0.4) is 0 Å². The Kier molecular flexibility index (Phi) is 7.03. The van der Waals surface area contributed by atoms with Gasteiger partial charge in [-0.25, -0.2) is 4.79 Å². The second-order valence-corrected chi connectivity index (χ2v) is 6.91. The van der Waals surface area contributed by atoms with Crippen molar-refractivity contribution in [1.29, 1.82) is 0 Å². The minimum Gasteiger partial charge on any atom is -0.337 e. The van der Waals surface area contributed by atoms with Crippen LogP contribution in [-0.2, 0) is 24.3 Å². The molecule has 0 aromatic heterocycles. The summed E-state index contributed by atoms with van der Waals surface area (Å²) in [6.07, 6.45) is 1.11. The number of carbonyl (C=O) groups excluding carboxylic acids is 2. The van der Waals surface area contributed by atoms with Gasteiger partial charge in [0, 0.05) is 38.3 Å². The lowest BCUT2D eigenvalue weighted by Crippen LogP contribution is -2.43. The van der Waals surface area contributed by atoms with E-state index in [-0.39, 0.29) is 18.4 Å².